The van der Waals surface area contributed by atoms with Gasteiger partial charge in [0.1, 0.15) is 5.75 Å². The summed E-state index contributed by atoms with van der Waals surface area (Å²) in [7, 11) is 0. The summed E-state index contributed by atoms with van der Waals surface area (Å²) in [5.74, 6) is 1.80. The van der Waals surface area contributed by atoms with Crippen LogP contribution < -0.4 is 19.5 Å². The summed E-state index contributed by atoms with van der Waals surface area (Å²) in [5, 5.41) is 2.85. The molecule has 30 heavy (non-hydrogen) atoms. The van der Waals surface area contributed by atoms with Gasteiger partial charge in [-0.15, -0.1) is 0 Å². The smallest absolute Gasteiger partial charge is 0.262 e. The lowest BCUT2D eigenvalue weighted by Gasteiger charge is -2.09. The molecule has 0 aliphatic carbocycles. The largest absolute Gasteiger partial charge is 0.484 e. The second-order valence-corrected chi connectivity index (χ2v) is 7.00. The lowest BCUT2D eigenvalue weighted by Crippen LogP contribution is -2.20. The number of hydrogen-bond donors (Lipinski definition) is 1. The van der Waals surface area contributed by atoms with Gasteiger partial charge in [0.15, 0.2) is 18.1 Å². The predicted octanol–water partition coefficient (Wildman–Crippen LogP) is 4.80. The van der Waals surface area contributed by atoms with Gasteiger partial charge in [-0.05, 0) is 66.9 Å². The van der Waals surface area contributed by atoms with Crippen LogP contribution in [0.25, 0.3) is 0 Å². The molecule has 1 heterocycles. The fourth-order valence-electron chi connectivity index (χ4n) is 2.96. The molecular formula is C24H22N2O4. The number of nitrogens with zero attached hydrogens (tertiary/aromatic N) is 1. The van der Waals surface area contributed by atoms with Gasteiger partial charge in [-0.25, -0.2) is 0 Å². The molecule has 6 nitrogen and oxygen atoms in total. The van der Waals surface area contributed by atoms with E-state index in [4.69, 9.17) is 14.2 Å². The molecule has 0 spiro atoms. The zero-order valence-electron chi connectivity index (χ0n) is 16.8. The Labute approximate surface area is 175 Å². The highest BCUT2D eigenvalue weighted by Gasteiger charge is 2.12. The molecule has 0 bridgehead atoms. The number of nitrogens with one attached hydrogen (secondary N) is 1. The molecule has 0 aromatic heterocycles. The Morgan fingerprint density at radius 3 is 2.77 bits per heavy atom. The number of ether oxygens (including phenoxy) is 3. The van der Waals surface area contributed by atoms with Crippen molar-refractivity contribution in [2.24, 2.45) is 4.99 Å². The number of rotatable bonds is 6. The fraction of sp³-hybridized carbons (Fsp3) is 0.167. The average molecular weight is 402 g/mol. The van der Waals surface area contributed by atoms with Crippen LogP contribution >= 0.6 is 0 Å². The van der Waals surface area contributed by atoms with Crippen LogP contribution in [0.3, 0.4) is 0 Å². The van der Waals surface area contributed by atoms with Crippen molar-refractivity contribution in [2.75, 3.05) is 18.7 Å². The maximum atomic E-state index is 12.2. The minimum atomic E-state index is -0.210. The predicted molar refractivity (Wildman–Crippen MR) is 116 cm³/mol. The van der Waals surface area contributed by atoms with Crippen LogP contribution in [0.5, 0.6) is 17.2 Å². The molecular weight excluding hydrogens is 380 g/mol. The number of carbonyl (C=O) groups is 1. The first-order chi connectivity index (χ1) is 14.6. The Balaban J connectivity index is 1.35. The number of fused-ring (bicyclic) bond motifs is 1. The lowest BCUT2D eigenvalue weighted by molar-refractivity contribution is -0.118. The standard InChI is InChI=1S/C24H22N2O4/c1-16-6-7-20(10-17(16)2)26-24(27)14-28-21-5-3-4-18(11-21)13-25-19-8-9-22-23(12-19)30-15-29-22/h3-13H,14-15H2,1-2H3,(H,26,27). The van der Waals surface area contributed by atoms with Crippen molar-refractivity contribution >= 4 is 23.5 Å². The van der Waals surface area contributed by atoms with Gasteiger partial charge >= 0.3 is 0 Å². The monoisotopic (exact) mass is 402 g/mol. The van der Waals surface area contributed by atoms with E-state index in [9.17, 15) is 4.79 Å². The Morgan fingerprint density at radius 2 is 1.90 bits per heavy atom. The van der Waals surface area contributed by atoms with Crippen LogP contribution in [0.15, 0.2) is 65.7 Å². The summed E-state index contributed by atoms with van der Waals surface area (Å²) in [6.45, 7) is 4.21. The quantitative estimate of drug-likeness (QED) is 0.602. The summed E-state index contributed by atoms with van der Waals surface area (Å²) >= 11 is 0. The van der Waals surface area contributed by atoms with E-state index in [1.807, 2.05) is 68.4 Å². The molecule has 0 saturated heterocycles. The van der Waals surface area contributed by atoms with Crippen LogP contribution in [0.4, 0.5) is 11.4 Å². The molecule has 4 rings (SSSR count). The fourth-order valence-corrected chi connectivity index (χ4v) is 2.96. The van der Waals surface area contributed by atoms with E-state index in [-0.39, 0.29) is 19.3 Å². The van der Waals surface area contributed by atoms with Crippen molar-refractivity contribution in [1.29, 1.82) is 0 Å². The molecule has 0 unspecified atom stereocenters. The van der Waals surface area contributed by atoms with Gasteiger partial charge in [-0.2, -0.15) is 0 Å². The number of anilines is 1. The highest BCUT2D eigenvalue weighted by molar-refractivity contribution is 5.92. The summed E-state index contributed by atoms with van der Waals surface area (Å²) in [5.41, 5.74) is 4.70. The third-order valence-electron chi connectivity index (χ3n) is 4.74. The van der Waals surface area contributed by atoms with Crippen molar-refractivity contribution in [3.8, 4) is 17.2 Å². The van der Waals surface area contributed by atoms with E-state index < -0.39 is 0 Å². The highest BCUT2D eigenvalue weighted by Crippen LogP contribution is 2.35. The molecule has 1 aliphatic heterocycles. The van der Waals surface area contributed by atoms with Crippen LogP contribution in [-0.4, -0.2) is 25.5 Å². The molecule has 1 N–H and O–H groups in total. The maximum absolute atomic E-state index is 12.2. The van der Waals surface area contributed by atoms with E-state index in [0.717, 1.165) is 28.3 Å². The van der Waals surface area contributed by atoms with Crippen molar-refractivity contribution in [3.05, 3.63) is 77.4 Å². The first-order valence-electron chi connectivity index (χ1n) is 9.60. The second-order valence-electron chi connectivity index (χ2n) is 7.00. The Kier molecular flexibility index (Phi) is 5.66. The summed E-state index contributed by atoms with van der Waals surface area (Å²) < 4.78 is 16.3. The number of aryl methyl sites for hydroxylation is 2. The number of aliphatic imine (C=N–C) groups is 1. The van der Waals surface area contributed by atoms with Gasteiger partial charge in [0.2, 0.25) is 6.79 Å². The van der Waals surface area contributed by atoms with Gasteiger partial charge in [0, 0.05) is 18.0 Å². The molecule has 3 aromatic rings. The van der Waals surface area contributed by atoms with E-state index >= 15 is 0 Å². The van der Waals surface area contributed by atoms with Crippen LogP contribution in [0.2, 0.25) is 0 Å². The molecule has 6 heteroatoms. The molecule has 0 saturated carbocycles. The van der Waals surface area contributed by atoms with E-state index in [1.165, 1.54) is 5.56 Å². The first-order valence-corrected chi connectivity index (χ1v) is 9.60. The SMILES string of the molecule is Cc1ccc(NC(=O)COc2cccc(C=Nc3ccc4c(c3)OCO4)c2)cc1C. The van der Waals surface area contributed by atoms with Gasteiger partial charge in [0.25, 0.3) is 5.91 Å². The van der Waals surface area contributed by atoms with Crippen LogP contribution in [0.1, 0.15) is 16.7 Å². The molecule has 152 valence electrons. The lowest BCUT2D eigenvalue weighted by atomic mass is 10.1. The van der Waals surface area contributed by atoms with E-state index in [1.54, 1.807) is 12.3 Å². The van der Waals surface area contributed by atoms with Crippen molar-refractivity contribution in [1.82, 2.24) is 0 Å². The topological polar surface area (TPSA) is 69.2 Å². The highest BCUT2D eigenvalue weighted by atomic mass is 16.7. The Morgan fingerprint density at radius 1 is 1.03 bits per heavy atom. The van der Waals surface area contributed by atoms with Crippen LogP contribution in [0, 0.1) is 13.8 Å². The molecule has 0 atom stereocenters. The van der Waals surface area contributed by atoms with Crippen LogP contribution in [-0.2, 0) is 4.79 Å². The number of benzene rings is 3. The number of hydrogen-bond acceptors (Lipinski definition) is 5. The zero-order chi connectivity index (χ0) is 20.9. The Hall–Kier alpha value is -3.80. The molecule has 3 aromatic carbocycles. The van der Waals surface area contributed by atoms with Crippen molar-refractivity contribution < 1.29 is 19.0 Å². The van der Waals surface area contributed by atoms with E-state index in [0.29, 0.717) is 11.5 Å². The minimum Gasteiger partial charge on any atom is -0.484 e. The van der Waals surface area contributed by atoms with Gasteiger partial charge in [-0.1, -0.05) is 18.2 Å². The molecule has 0 radical (unpaired) electrons. The third kappa shape index (κ3) is 4.78. The summed E-state index contributed by atoms with van der Waals surface area (Å²) in [6.07, 6.45) is 1.74. The maximum Gasteiger partial charge on any atom is 0.262 e. The van der Waals surface area contributed by atoms with E-state index in [2.05, 4.69) is 10.3 Å². The number of carbonyl (C=O) groups excluding carboxylic acids is 1. The Bertz CT molecular complexity index is 1110. The number of amides is 1. The first kappa shape index (κ1) is 19.5. The normalized spacial score (nSPS) is 12.2. The van der Waals surface area contributed by atoms with Gasteiger partial charge in [-0.3, -0.25) is 9.79 Å². The summed E-state index contributed by atoms with van der Waals surface area (Å²) in [4.78, 5) is 16.7. The van der Waals surface area contributed by atoms with Crippen molar-refractivity contribution in [3.63, 3.8) is 0 Å². The molecule has 1 amide bonds. The zero-order valence-corrected chi connectivity index (χ0v) is 16.8. The molecule has 0 fully saturated rings. The third-order valence-corrected chi connectivity index (χ3v) is 4.74. The summed E-state index contributed by atoms with van der Waals surface area (Å²) in [6, 6.07) is 18.8. The minimum absolute atomic E-state index is 0.0737. The second kappa shape index (κ2) is 8.69. The van der Waals surface area contributed by atoms with Crippen molar-refractivity contribution in [2.45, 2.75) is 13.8 Å². The van der Waals surface area contributed by atoms with Gasteiger partial charge < -0.3 is 19.5 Å². The average Bonchev–Trinajstić information content (AvgIpc) is 3.22. The molecule has 1 aliphatic rings. The van der Waals surface area contributed by atoms with Gasteiger partial charge in [0.05, 0.1) is 5.69 Å².